The van der Waals surface area contributed by atoms with E-state index >= 15 is 0 Å². The van der Waals surface area contributed by atoms with Gasteiger partial charge in [0.15, 0.2) is 0 Å². The van der Waals surface area contributed by atoms with Crippen LogP contribution in [0.1, 0.15) is 12.5 Å². The molecule has 0 saturated heterocycles. The first-order valence-corrected chi connectivity index (χ1v) is 4.61. The minimum absolute atomic E-state index is 0.0182. The molecule has 0 spiro atoms. The second-order valence-electron chi connectivity index (χ2n) is 3.42. The maximum atomic E-state index is 13.0. The highest BCUT2D eigenvalue weighted by molar-refractivity contribution is 5.89. The average Bonchev–Trinajstić information content (AvgIpc) is 2.42. The van der Waals surface area contributed by atoms with Crippen LogP contribution in [0, 0.1) is 12.7 Å². The number of nitrogens with zero attached hydrogens (tertiary/aromatic N) is 1. The number of halogens is 1. The first-order valence-electron chi connectivity index (χ1n) is 4.61. The summed E-state index contributed by atoms with van der Waals surface area (Å²) in [6.45, 7) is 4.67. The van der Waals surface area contributed by atoms with E-state index in [0.717, 1.165) is 29.1 Å². The molecule has 1 aromatic carbocycles. The number of phenolic OH excluding ortho intramolecular Hbond substituents is 1. The quantitative estimate of drug-likeness (QED) is 0.740. The number of hydrogen-bond acceptors (Lipinski definition) is 1. The molecule has 2 aromatic rings. The van der Waals surface area contributed by atoms with Crippen molar-refractivity contribution in [1.29, 1.82) is 0 Å². The Bertz CT molecular complexity index is 487. The molecule has 0 amide bonds. The average molecular weight is 193 g/mol. The molecule has 74 valence electrons. The lowest BCUT2D eigenvalue weighted by atomic mass is 10.2. The van der Waals surface area contributed by atoms with Crippen LogP contribution in [0.3, 0.4) is 0 Å². The normalized spacial score (nSPS) is 11.1. The fraction of sp³-hybridized carbons (Fsp3) is 0.273. The van der Waals surface area contributed by atoms with E-state index in [1.165, 1.54) is 6.07 Å². The first kappa shape index (κ1) is 9.06. The molecule has 0 aliphatic carbocycles. The fourth-order valence-electron chi connectivity index (χ4n) is 1.84. The minimum atomic E-state index is -0.400. The third-order valence-corrected chi connectivity index (χ3v) is 2.46. The van der Waals surface area contributed by atoms with E-state index in [9.17, 15) is 9.50 Å². The van der Waals surface area contributed by atoms with Gasteiger partial charge in [0.05, 0.1) is 5.52 Å². The molecule has 2 rings (SSSR count). The molecule has 0 saturated carbocycles. The van der Waals surface area contributed by atoms with E-state index in [4.69, 9.17) is 0 Å². The lowest BCUT2D eigenvalue weighted by Crippen LogP contribution is -1.90. The number of hydrogen-bond donors (Lipinski definition) is 1. The molecule has 0 aliphatic heterocycles. The fourth-order valence-corrected chi connectivity index (χ4v) is 1.84. The molecule has 0 atom stereocenters. The summed E-state index contributed by atoms with van der Waals surface area (Å²) in [7, 11) is 0. The summed E-state index contributed by atoms with van der Waals surface area (Å²) >= 11 is 0. The second kappa shape index (κ2) is 3.01. The van der Waals surface area contributed by atoms with Crippen molar-refractivity contribution in [3.8, 4) is 5.75 Å². The minimum Gasteiger partial charge on any atom is -0.507 e. The van der Waals surface area contributed by atoms with Crippen LogP contribution in [0.4, 0.5) is 4.39 Å². The third kappa shape index (κ3) is 1.16. The second-order valence-corrected chi connectivity index (χ2v) is 3.42. The molecule has 1 aromatic heterocycles. The number of aromatic hydroxyl groups is 1. The zero-order valence-corrected chi connectivity index (χ0v) is 8.21. The largest absolute Gasteiger partial charge is 0.507 e. The Hall–Kier alpha value is -1.51. The molecule has 0 aliphatic rings. The number of fused-ring (bicyclic) bond motifs is 1. The Morgan fingerprint density at radius 1 is 1.43 bits per heavy atom. The smallest absolute Gasteiger partial charge is 0.129 e. The van der Waals surface area contributed by atoms with Crippen molar-refractivity contribution in [1.82, 2.24) is 4.57 Å². The molecule has 0 radical (unpaired) electrons. The van der Waals surface area contributed by atoms with Gasteiger partial charge >= 0.3 is 0 Å². The van der Waals surface area contributed by atoms with Gasteiger partial charge in [0.25, 0.3) is 0 Å². The maximum absolute atomic E-state index is 13.0. The Kier molecular flexibility index (Phi) is 1.95. The van der Waals surface area contributed by atoms with Crippen molar-refractivity contribution in [3.05, 3.63) is 29.7 Å². The summed E-state index contributed by atoms with van der Waals surface area (Å²) in [4.78, 5) is 0. The lowest BCUT2D eigenvalue weighted by Gasteiger charge is -2.01. The van der Waals surface area contributed by atoms with Gasteiger partial charge < -0.3 is 9.67 Å². The van der Waals surface area contributed by atoms with Crippen LogP contribution in [-0.4, -0.2) is 9.67 Å². The SMILES string of the molecule is CCn1cc(C)c2c(O)cc(F)cc21. The molecule has 3 heteroatoms. The van der Waals surface area contributed by atoms with Crippen molar-refractivity contribution in [2.75, 3.05) is 0 Å². The molecule has 0 unspecified atom stereocenters. The standard InChI is InChI=1S/C11H12FNO/c1-3-13-6-7(2)11-9(13)4-8(12)5-10(11)14/h4-6,14H,3H2,1-2H3. The zero-order chi connectivity index (χ0) is 10.3. The predicted molar refractivity (Wildman–Crippen MR) is 54.0 cm³/mol. The van der Waals surface area contributed by atoms with Crippen molar-refractivity contribution >= 4 is 10.9 Å². The third-order valence-electron chi connectivity index (χ3n) is 2.46. The van der Waals surface area contributed by atoms with E-state index in [2.05, 4.69) is 0 Å². The topological polar surface area (TPSA) is 25.2 Å². The van der Waals surface area contributed by atoms with Crippen LogP contribution >= 0.6 is 0 Å². The van der Waals surface area contributed by atoms with Crippen LogP contribution < -0.4 is 0 Å². The predicted octanol–water partition coefficient (Wildman–Crippen LogP) is 2.81. The first-order chi connectivity index (χ1) is 6.63. The van der Waals surface area contributed by atoms with Gasteiger partial charge in [-0.1, -0.05) is 0 Å². The van der Waals surface area contributed by atoms with Gasteiger partial charge in [-0.25, -0.2) is 4.39 Å². The van der Waals surface area contributed by atoms with Crippen molar-refractivity contribution in [2.24, 2.45) is 0 Å². The van der Waals surface area contributed by atoms with Gasteiger partial charge in [0, 0.05) is 24.2 Å². The number of aromatic nitrogens is 1. The van der Waals surface area contributed by atoms with Crippen LogP contribution in [0.15, 0.2) is 18.3 Å². The van der Waals surface area contributed by atoms with E-state index < -0.39 is 5.82 Å². The van der Waals surface area contributed by atoms with E-state index in [1.807, 2.05) is 24.6 Å². The van der Waals surface area contributed by atoms with Crippen molar-refractivity contribution < 1.29 is 9.50 Å². The van der Waals surface area contributed by atoms with Gasteiger partial charge in [-0.3, -0.25) is 0 Å². The highest BCUT2D eigenvalue weighted by Gasteiger charge is 2.10. The highest BCUT2D eigenvalue weighted by Crippen LogP contribution is 2.30. The summed E-state index contributed by atoms with van der Waals surface area (Å²) in [6.07, 6.45) is 1.92. The van der Waals surface area contributed by atoms with Gasteiger partial charge in [0.2, 0.25) is 0 Å². The zero-order valence-electron chi connectivity index (χ0n) is 8.21. The van der Waals surface area contributed by atoms with Crippen LogP contribution in [0.25, 0.3) is 10.9 Å². The lowest BCUT2D eigenvalue weighted by molar-refractivity contribution is 0.475. The Balaban J connectivity index is 2.89. The van der Waals surface area contributed by atoms with Gasteiger partial charge in [0.1, 0.15) is 11.6 Å². The molecule has 1 N–H and O–H groups in total. The summed E-state index contributed by atoms with van der Waals surface area (Å²) in [5.74, 6) is -0.382. The van der Waals surface area contributed by atoms with Gasteiger partial charge in [-0.05, 0) is 25.5 Å². The van der Waals surface area contributed by atoms with Gasteiger partial charge in [-0.2, -0.15) is 0 Å². The molecule has 2 nitrogen and oxygen atoms in total. The van der Waals surface area contributed by atoms with Crippen molar-refractivity contribution in [2.45, 2.75) is 20.4 Å². The van der Waals surface area contributed by atoms with Crippen LogP contribution in [-0.2, 0) is 6.54 Å². The maximum Gasteiger partial charge on any atom is 0.129 e. The number of benzene rings is 1. The molecule has 14 heavy (non-hydrogen) atoms. The summed E-state index contributed by atoms with van der Waals surface area (Å²) in [5.41, 5.74) is 1.72. The van der Waals surface area contributed by atoms with Gasteiger partial charge in [-0.15, -0.1) is 0 Å². The van der Waals surface area contributed by atoms with Crippen molar-refractivity contribution in [3.63, 3.8) is 0 Å². The monoisotopic (exact) mass is 193 g/mol. The number of rotatable bonds is 1. The molecule has 1 heterocycles. The molecule has 0 fully saturated rings. The Morgan fingerprint density at radius 3 is 2.79 bits per heavy atom. The van der Waals surface area contributed by atoms with E-state index in [-0.39, 0.29) is 5.75 Å². The van der Waals surface area contributed by atoms with E-state index in [0.29, 0.717) is 0 Å². The number of phenols is 1. The highest BCUT2D eigenvalue weighted by atomic mass is 19.1. The number of aryl methyl sites for hydroxylation is 2. The summed E-state index contributed by atoms with van der Waals surface area (Å²) in [6, 6.07) is 2.60. The van der Waals surface area contributed by atoms with E-state index in [1.54, 1.807) is 0 Å². The van der Waals surface area contributed by atoms with Crippen LogP contribution in [0.2, 0.25) is 0 Å². The summed E-state index contributed by atoms with van der Waals surface area (Å²) < 4.78 is 15.0. The Labute approximate surface area is 81.6 Å². The van der Waals surface area contributed by atoms with Crippen LogP contribution in [0.5, 0.6) is 5.75 Å². The summed E-state index contributed by atoms with van der Waals surface area (Å²) in [5, 5.41) is 10.3. The Morgan fingerprint density at radius 2 is 2.14 bits per heavy atom. The molecular formula is C11H12FNO. The molecule has 0 bridgehead atoms. The molecular weight excluding hydrogens is 181 g/mol.